The lowest BCUT2D eigenvalue weighted by atomic mass is 10.1. The van der Waals surface area contributed by atoms with Gasteiger partial charge in [0.2, 0.25) is 6.10 Å². The van der Waals surface area contributed by atoms with E-state index in [1.807, 2.05) is 0 Å². The summed E-state index contributed by atoms with van der Waals surface area (Å²) in [6, 6.07) is -0.476. The van der Waals surface area contributed by atoms with Crippen molar-refractivity contribution in [1.82, 2.24) is 5.32 Å². The molecule has 68 valence electrons. The van der Waals surface area contributed by atoms with E-state index < -0.39 is 23.9 Å². The summed E-state index contributed by atoms with van der Waals surface area (Å²) in [4.78, 5) is 21.3. The minimum atomic E-state index is -1.87. The van der Waals surface area contributed by atoms with Gasteiger partial charge < -0.3 is 15.5 Å². The first-order chi connectivity index (χ1) is 5.63. The molecule has 1 unspecified atom stereocenters. The molecule has 0 aromatic rings. The van der Waals surface area contributed by atoms with Crippen LogP contribution in [-0.2, 0) is 9.59 Å². The van der Waals surface area contributed by atoms with Crippen LogP contribution in [0.15, 0.2) is 0 Å². The Morgan fingerprint density at radius 1 is 1.50 bits per heavy atom. The predicted octanol–water partition coefficient (Wildman–Crippen LogP) is -1.25. The number of carboxylic acid groups (broad SMARTS) is 1. The molecule has 1 rings (SSSR count). The molecule has 5 heteroatoms. The van der Waals surface area contributed by atoms with Crippen molar-refractivity contribution in [2.24, 2.45) is 0 Å². The van der Waals surface area contributed by atoms with Crippen LogP contribution in [-0.4, -0.2) is 40.7 Å². The molecule has 0 spiro atoms. The fourth-order valence-corrected chi connectivity index (χ4v) is 1.24. The van der Waals surface area contributed by atoms with Gasteiger partial charge in [-0.25, -0.2) is 4.79 Å². The van der Waals surface area contributed by atoms with Gasteiger partial charge in [-0.1, -0.05) is 0 Å². The number of aliphatic carboxylic acids is 1. The SMILES string of the molecule is O=C(O)C(O)C(=O)[C@@H]1CCCN1. The summed E-state index contributed by atoms with van der Waals surface area (Å²) in [5, 5.41) is 20.0. The number of Topliss-reactive ketones (excluding diaryl/α,β-unsaturated/α-hetero) is 1. The smallest absolute Gasteiger partial charge is 0.340 e. The maximum Gasteiger partial charge on any atom is 0.340 e. The van der Waals surface area contributed by atoms with Crippen molar-refractivity contribution in [3.63, 3.8) is 0 Å². The van der Waals surface area contributed by atoms with Gasteiger partial charge in [0.15, 0.2) is 5.78 Å². The number of carbonyl (C=O) groups is 2. The Bertz CT molecular complexity index is 198. The summed E-state index contributed by atoms with van der Waals surface area (Å²) in [6.45, 7) is 0.711. The highest BCUT2D eigenvalue weighted by molar-refractivity contribution is 6.03. The van der Waals surface area contributed by atoms with E-state index in [9.17, 15) is 9.59 Å². The molecule has 1 saturated heterocycles. The van der Waals surface area contributed by atoms with Gasteiger partial charge in [0.25, 0.3) is 0 Å². The van der Waals surface area contributed by atoms with Crippen LogP contribution in [0.2, 0.25) is 0 Å². The Morgan fingerprint density at radius 3 is 2.58 bits per heavy atom. The number of nitrogens with one attached hydrogen (secondary N) is 1. The Kier molecular flexibility index (Phi) is 2.78. The normalized spacial score (nSPS) is 25.2. The highest BCUT2D eigenvalue weighted by atomic mass is 16.4. The van der Waals surface area contributed by atoms with Crippen molar-refractivity contribution in [1.29, 1.82) is 0 Å². The highest BCUT2D eigenvalue weighted by Gasteiger charge is 2.31. The van der Waals surface area contributed by atoms with Gasteiger partial charge in [0, 0.05) is 0 Å². The van der Waals surface area contributed by atoms with Crippen LogP contribution in [0.5, 0.6) is 0 Å². The zero-order valence-electron chi connectivity index (χ0n) is 6.49. The average Bonchev–Trinajstić information content (AvgIpc) is 2.53. The molecule has 3 N–H and O–H groups in total. The third-order valence-electron chi connectivity index (χ3n) is 1.91. The van der Waals surface area contributed by atoms with Crippen molar-refractivity contribution >= 4 is 11.8 Å². The van der Waals surface area contributed by atoms with E-state index >= 15 is 0 Å². The quantitative estimate of drug-likeness (QED) is 0.464. The standard InChI is InChI=1S/C7H11NO4/c9-5(6(10)7(11)12)4-2-1-3-8-4/h4,6,8,10H,1-3H2,(H,11,12)/t4-,6?/m0/s1. The largest absolute Gasteiger partial charge is 0.479 e. The first-order valence-corrected chi connectivity index (χ1v) is 3.81. The molecule has 0 bridgehead atoms. The molecule has 0 aliphatic carbocycles. The molecule has 0 aromatic heterocycles. The van der Waals surface area contributed by atoms with Crippen molar-refractivity contribution in [3.05, 3.63) is 0 Å². The lowest BCUT2D eigenvalue weighted by Gasteiger charge is -2.10. The Hall–Kier alpha value is -0.940. The summed E-state index contributed by atoms with van der Waals surface area (Å²) in [5.41, 5.74) is 0. The second-order valence-electron chi connectivity index (χ2n) is 2.79. The van der Waals surface area contributed by atoms with Gasteiger partial charge in [0.05, 0.1) is 6.04 Å². The zero-order valence-corrected chi connectivity index (χ0v) is 6.49. The molecule has 0 aromatic carbocycles. The van der Waals surface area contributed by atoms with E-state index in [-0.39, 0.29) is 0 Å². The van der Waals surface area contributed by atoms with Gasteiger partial charge in [-0.3, -0.25) is 4.79 Å². The number of ketones is 1. The van der Waals surface area contributed by atoms with Gasteiger partial charge >= 0.3 is 5.97 Å². The van der Waals surface area contributed by atoms with E-state index in [1.165, 1.54) is 0 Å². The van der Waals surface area contributed by atoms with Crippen LogP contribution in [0, 0.1) is 0 Å². The molecule has 1 fully saturated rings. The minimum absolute atomic E-state index is 0.476. The number of carboxylic acids is 1. The molecule has 2 atom stereocenters. The maximum absolute atomic E-state index is 11.1. The lowest BCUT2D eigenvalue weighted by molar-refractivity contribution is -0.152. The second kappa shape index (κ2) is 3.64. The van der Waals surface area contributed by atoms with Crippen molar-refractivity contribution in [3.8, 4) is 0 Å². The maximum atomic E-state index is 11.1. The van der Waals surface area contributed by atoms with Gasteiger partial charge in [-0.05, 0) is 19.4 Å². The second-order valence-corrected chi connectivity index (χ2v) is 2.79. The molecule has 12 heavy (non-hydrogen) atoms. The minimum Gasteiger partial charge on any atom is -0.479 e. The number of carbonyl (C=O) groups excluding carboxylic acids is 1. The van der Waals surface area contributed by atoms with Crippen LogP contribution in [0.25, 0.3) is 0 Å². The molecule has 1 aliphatic rings. The number of hydrogen-bond donors (Lipinski definition) is 3. The Morgan fingerprint density at radius 2 is 2.17 bits per heavy atom. The van der Waals surface area contributed by atoms with E-state index in [0.29, 0.717) is 13.0 Å². The van der Waals surface area contributed by atoms with Crippen molar-refractivity contribution < 1.29 is 19.8 Å². The Labute approximate surface area is 69.4 Å². The molecule has 1 aliphatic heterocycles. The number of rotatable bonds is 3. The fraction of sp³-hybridized carbons (Fsp3) is 0.714. The molecular formula is C7H11NO4. The van der Waals surface area contributed by atoms with E-state index in [2.05, 4.69) is 5.32 Å². The van der Waals surface area contributed by atoms with E-state index in [0.717, 1.165) is 6.42 Å². The van der Waals surface area contributed by atoms with E-state index in [4.69, 9.17) is 10.2 Å². The molecule has 5 nitrogen and oxygen atoms in total. The van der Waals surface area contributed by atoms with Gasteiger partial charge in [-0.2, -0.15) is 0 Å². The third-order valence-corrected chi connectivity index (χ3v) is 1.91. The highest BCUT2D eigenvalue weighted by Crippen LogP contribution is 2.07. The van der Waals surface area contributed by atoms with Crippen LogP contribution < -0.4 is 5.32 Å². The number of aliphatic hydroxyl groups is 1. The summed E-state index contributed by atoms with van der Waals surface area (Å²) < 4.78 is 0. The molecule has 0 radical (unpaired) electrons. The average molecular weight is 173 g/mol. The van der Waals surface area contributed by atoms with Gasteiger partial charge in [0.1, 0.15) is 0 Å². The third kappa shape index (κ3) is 1.80. The van der Waals surface area contributed by atoms with Gasteiger partial charge in [-0.15, -0.1) is 0 Å². The predicted molar refractivity (Wildman–Crippen MR) is 39.7 cm³/mol. The van der Waals surface area contributed by atoms with Crippen LogP contribution in [0.1, 0.15) is 12.8 Å². The summed E-state index contributed by atoms with van der Waals surface area (Å²) in [7, 11) is 0. The number of hydrogen-bond acceptors (Lipinski definition) is 4. The lowest BCUT2D eigenvalue weighted by Crippen LogP contribution is -2.42. The fourth-order valence-electron chi connectivity index (χ4n) is 1.24. The van der Waals surface area contributed by atoms with Crippen molar-refractivity contribution in [2.45, 2.75) is 25.0 Å². The molecule has 0 amide bonds. The summed E-state index contributed by atoms with van der Waals surface area (Å²) in [5.74, 6) is -2.12. The van der Waals surface area contributed by atoms with Crippen molar-refractivity contribution in [2.75, 3.05) is 6.54 Å². The van der Waals surface area contributed by atoms with E-state index in [1.54, 1.807) is 0 Å². The van der Waals surface area contributed by atoms with Crippen LogP contribution in [0.4, 0.5) is 0 Å². The number of aliphatic hydroxyl groups excluding tert-OH is 1. The summed E-state index contributed by atoms with van der Waals surface area (Å²) >= 11 is 0. The van der Waals surface area contributed by atoms with Crippen LogP contribution in [0.3, 0.4) is 0 Å². The first kappa shape index (κ1) is 9.15. The van der Waals surface area contributed by atoms with Crippen LogP contribution >= 0.6 is 0 Å². The first-order valence-electron chi connectivity index (χ1n) is 3.81. The topological polar surface area (TPSA) is 86.6 Å². The molecular weight excluding hydrogens is 162 g/mol. The zero-order chi connectivity index (χ0) is 9.14. The molecule has 0 saturated carbocycles. The Balaban J connectivity index is 2.51. The molecule has 1 heterocycles. The monoisotopic (exact) mass is 173 g/mol. The summed E-state index contributed by atoms with van der Waals surface area (Å²) in [6.07, 6.45) is -0.410.